The molecule has 2 fully saturated rings. The highest BCUT2D eigenvalue weighted by atomic mass is 16.7. The van der Waals surface area contributed by atoms with Crippen LogP contribution in [-0.2, 0) is 17.8 Å². The third-order valence-electron chi connectivity index (χ3n) is 7.37. The van der Waals surface area contributed by atoms with Gasteiger partial charge in [0.05, 0.1) is 14.2 Å². The van der Waals surface area contributed by atoms with Gasteiger partial charge in [0, 0.05) is 19.0 Å². The molecule has 0 unspecified atom stereocenters. The summed E-state index contributed by atoms with van der Waals surface area (Å²) in [6.45, 7) is 3.73. The van der Waals surface area contributed by atoms with Crippen molar-refractivity contribution in [2.24, 2.45) is 11.3 Å². The number of rotatable bonds is 8. The van der Waals surface area contributed by atoms with Crippen LogP contribution in [0.2, 0.25) is 0 Å². The maximum atomic E-state index is 12.8. The van der Waals surface area contributed by atoms with Gasteiger partial charge in [-0.15, -0.1) is 0 Å². The van der Waals surface area contributed by atoms with Crippen molar-refractivity contribution in [3.8, 4) is 23.0 Å². The van der Waals surface area contributed by atoms with E-state index in [9.17, 15) is 4.79 Å². The van der Waals surface area contributed by atoms with Crippen LogP contribution >= 0.6 is 0 Å². The molecule has 0 radical (unpaired) electrons. The van der Waals surface area contributed by atoms with Gasteiger partial charge in [-0.2, -0.15) is 0 Å². The molecule has 1 atom stereocenters. The lowest BCUT2D eigenvalue weighted by Crippen LogP contribution is -2.37. The number of carbonyl (C=O) groups is 1. The fourth-order valence-corrected chi connectivity index (χ4v) is 5.31. The number of carbonyl (C=O) groups excluding carboxylic acids is 1. The zero-order chi connectivity index (χ0) is 22.8. The summed E-state index contributed by atoms with van der Waals surface area (Å²) in [6.07, 6.45) is 3.93. The highest BCUT2D eigenvalue weighted by Crippen LogP contribution is 2.59. The molecule has 2 aromatic rings. The summed E-state index contributed by atoms with van der Waals surface area (Å²) in [5.74, 6) is 3.41. The van der Waals surface area contributed by atoms with Crippen LogP contribution < -0.4 is 24.3 Å². The maximum absolute atomic E-state index is 12.8. The molecule has 1 aliphatic carbocycles. The van der Waals surface area contributed by atoms with E-state index in [1.807, 2.05) is 30.3 Å². The Morgan fingerprint density at radius 2 is 1.91 bits per heavy atom. The number of piperidine rings is 1. The molecule has 1 amide bonds. The second-order valence-electron chi connectivity index (χ2n) is 9.28. The second-order valence-corrected chi connectivity index (χ2v) is 9.28. The van der Waals surface area contributed by atoms with Gasteiger partial charge in [0.2, 0.25) is 18.4 Å². The van der Waals surface area contributed by atoms with Crippen molar-refractivity contribution in [1.82, 2.24) is 10.2 Å². The number of hydrogen-bond acceptors (Lipinski definition) is 6. The molecule has 1 spiro atoms. The number of nitrogens with one attached hydrogen (secondary N) is 1. The summed E-state index contributed by atoms with van der Waals surface area (Å²) in [4.78, 5) is 15.2. The van der Waals surface area contributed by atoms with Gasteiger partial charge in [-0.1, -0.05) is 18.2 Å². The number of fused-ring (bicyclic) bond motifs is 1. The van der Waals surface area contributed by atoms with Crippen molar-refractivity contribution in [1.29, 1.82) is 0 Å². The SMILES string of the molecule is COc1ccccc1CCNC(=O)[C@@H]1CC12CCN(Cc1cc(OC)c3c(c1)OCO3)CC2. The minimum absolute atomic E-state index is 0.156. The first-order valence-corrected chi connectivity index (χ1v) is 11.7. The normalized spacial score (nSPS) is 20.5. The van der Waals surface area contributed by atoms with Crippen molar-refractivity contribution in [3.63, 3.8) is 0 Å². The monoisotopic (exact) mass is 452 g/mol. The van der Waals surface area contributed by atoms with Gasteiger partial charge in [-0.25, -0.2) is 0 Å². The molecule has 1 N–H and O–H groups in total. The summed E-state index contributed by atoms with van der Waals surface area (Å²) in [5.41, 5.74) is 2.48. The molecule has 0 bridgehead atoms. The first-order valence-electron chi connectivity index (χ1n) is 11.7. The highest BCUT2D eigenvalue weighted by molar-refractivity contribution is 5.82. The molecule has 2 aromatic carbocycles. The first-order chi connectivity index (χ1) is 16.1. The van der Waals surface area contributed by atoms with Crippen LogP contribution in [0.5, 0.6) is 23.0 Å². The summed E-state index contributed by atoms with van der Waals surface area (Å²) in [6, 6.07) is 12.1. The van der Waals surface area contributed by atoms with Gasteiger partial charge < -0.3 is 24.3 Å². The van der Waals surface area contributed by atoms with E-state index < -0.39 is 0 Å². The van der Waals surface area contributed by atoms with Crippen molar-refractivity contribution >= 4 is 5.91 Å². The number of para-hydroxylation sites is 1. The minimum atomic E-state index is 0.156. The Hall–Kier alpha value is -2.93. The Labute approximate surface area is 195 Å². The maximum Gasteiger partial charge on any atom is 0.231 e. The van der Waals surface area contributed by atoms with Crippen LogP contribution in [0.15, 0.2) is 36.4 Å². The van der Waals surface area contributed by atoms with Crippen LogP contribution in [0.3, 0.4) is 0 Å². The molecule has 1 saturated carbocycles. The second kappa shape index (κ2) is 9.14. The zero-order valence-corrected chi connectivity index (χ0v) is 19.4. The van der Waals surface area contributed by atoms with Gasteiger partial charge in [-0.05, 0) is 73.5 Å². The molecule has 33 heavy (non-hydrogen) atoms. The molecule has 3 aliphatic rings. The molecule has 1 saturated heterocycles. The molecular weight excluding hydrogens is 420 g/mol. The Balaban J connectivity index is 1.10. The quantitative estimate of drug-likeness (QED) is 0.662. The summed E-state index contributed by atoms with van der Waals surface area (Å²) >= 11 is 0. The number of likely N-dealkylation sites (tertiary alicyclic amines) is 1. The number of nitrogens with zero attached hydrogens (tertiary/aromatic N) is 1. The molecule has 7 heteroatoms. The lowest BCUT2D eigenvalue weighted by Gasteiger charge is -2.33. The number of benzene rings is 2. The third-order valence-corrected chi connectivity index (χ3v) is 7.37. The Morgan fingerprint density at radius 3 is 2.70 bits per heavy atom. The summed E-state index contributed by atoms with van der Waals surface area (Å²) in [7, 11) is 3.33. The van der Waals surface area contributed by atoms with E-state index in [1.165, 1.54) is 0 Å². The number of ether oxygens (including phenoxy) is 4. The molecule has 7 nitrogen and oxygen atoms in total. The number of amides is 1. The van der Waals surface area contributed by atoms with Crippen LogP contribution in [0.1, 0.15) is 30.4 Å². The van der Waals surface area contributed by atoms with Crippen molar-refractivity contribution in [2.75, 3.05) is 40.6 Å². The number of hydrogen-bond donors (Lipinski definition) is 1. The van der Waals surface area contributed by atoms with E-state index in [2.05, 4.69) is 16.3 Å². The lowest BCUT2D eigenvalue weighted by atomic mass is 9.90. The van der Waals surface area contributed by atoms with E-state index in [1.54, 1.807) is 14.2 Å². The van der Waals surface area contributed by atoms with Gasteiger partial charge in [0.25, 0.3) is 0 Å². The average molecular weight is 453 g/mol. The average Bonchev–Trinajstić information content (AvgIpc) is 3.33. The van der Waals surface area contributed by atoms with Crippen molar-refractivity contribution in [2.45, 2.75) is 32.2 Å². The molecular formula is C26H32N2O5. The fourth-order valence-electron chi connectivity index (χ4n) is 5.31. The number of methoxy groups -OCH3 is 2. The molecule has 2 aliphatic heterocycles. The fraction of sp³-hybridized carbons (Fsp3) is 0.500. The van der Waals surface area contributed by atoms with Crippen LogP contribution in [0.4, 0.5) is 0 Å². The largest absolute Gasteiger partial charge is 0.496 e. The van der Waals surface area contributed by atoms with Crippen LogP contribution in [-0.4, -0.2) is 51.5 Å². The van der Waals surface area contributed by atoms with Gasteiger partial charge in [0.1, 0.15) is 5.75 Å². The van der Waals surface area contributed by atoms with Gasteiger partial charge in [-0.3, -0.25) is 9.69 Å². The summed E-state index contributed by atoms with van der Waals surface area (Å²) < 4.78 is 21.9. The zero-order valence-electron chi connectivity index (χ0n) is 19.4. The minimum Gasteiger partial charge on any atom is -0.496 e. The van der Waals surface area contributed by atoms with Gasteiger partial charge >= 0.3 is 0 Å². The predicted molar refractivity (Wildman–Crippen MR) is 124 cm³/mol. The van der Waals surface area contributed by atoms with Gasteiger partial charge in [0.15, 0.2) is 11.5 Å². The van der Waals surface area contributed by atoms with Crippen molar-refractivity contribution < 1.29 is 23.7 Å². The Morgan fingerprint density at radius 1 is 1.12 bits per heavy atom. The smallest absolute Gasteiger partial charge is 0.231 e. The topological polar surface area (TPSA) is 69.3 Å². The predicted octanol–water partition coefficient (Wildman–Crippen LogP) is 3.39. The summed E-state index contributed by atoms with van der Waals surface area (Å²) in [5, 5.41) is 3.16. The lowest BCUT2D eigenvalue weighted by molar-refractivity contribution is -0.123. The molecule has 5 rings (SSSR count). The highest BCUT2D eigenvalue weighted by Gasteiger charge is 2.58. The van der Waals surface area contributed by atoms with E-state index in [-0.39, 0.29) is 24.0 Å². The Kier molecular flexibility index (Phi) is 6.06. The molecule has 176 valence electrons. The van der Waals surface area contributed by atoms with Crippen molar-refractivity contribution in [3.05, 3.63) is 47.5 Å². The van der Waals surface area contributed by atoms with E-state index in [0.29, 0.717) is 12.3 Å². The molecule has 0 aromatic heterocycles. The first kappa shape index (κ1) is 21.9. The van der Waals surface area contributed by atoms with E-state index in [0.717, 1.165) is 73.7 Å². The van der Waals surface area contributed by atoms with Crippen LogP contribution in [0, 0.1) is 11.3 Å². The van der Waals surface area contributed by atoms with E-state index in [4.69, 9.17) is 18.9 Å². The standard InChI is InChI=1S/C26H32N2O5/c1-30-21-6-4-3-5-19(21)7-10-27-25(29)20-15-26(20)8-11-28(12-9-26)16-18-13-22(31-2)24-23(14-18)32-17-33-24/h3-6,13-14,20H,7-12,15-17H2,1-2H3,(H,27,29)/t20-/m0/s1. The van der Waals surface area contributed by atoms with Crippen LogP contribution in [0.25, 0.3) is 0 Å². The Bertz CT molecular complexity index is 1020. The third kappa shape index (κ3) is 4.47. The molecule has 2 heterocycles. The van der Waals surface area contributed by atoms with E-state index >= 15 is 0 Å².